The molecule has 0 aliphatic heterocycles. The summed E-state index contributed by atoms with van der Waals surface area (Å²) < 4.78 is 34.2. The zero-order valence-electron chi connectivity index (χ0n) is 16.0. The quantitative estimate of drug-likeness (QED) is 0.627. The first-order valence-corrected chi connectivity index (χ1v) is 9.23. The molecule has 0 radical (unpaired) electrons. The summed E-state index contributed by atoms with van der Waals surface area (Å²) in [6.45, 7) is 7.48. The van der Waals surface area contributed by atoms with Gasteiger partial charge in [0.15, 0.2) is 0 Å². The van der Waals surface area contributed by atoms with E-state index in [1.165, 1.54) is 12.1 Å². The lowest BCUT2D eigenvalue weighted by atomic mass is 10.2. The first-order valence-electron chi connectivity index (χ1n) is 8.53. The molecule has 3 N–H and O–H groups in total. The van der Waals surface area contributed by atoms with Gasteiger partial charge in [0.05, 0.1) is 23.7 Å². The molecule has 0 aliphatic carbocycles. The minimum Gasteiger partial charge on any atom is -0.396 e. The third-order valence-electron chi connectivity index (χ3n) is 2.63. The van der Waals surface area contributed by atoms with Crippen molar-refractivity contribution in [1.82, 2.24) is 0 Å². The number of rotatable bonds is 7. The Balaban J connectivity index is -0.000000445. The summed E-state index contributed by atoms with van der Waals surface area (Å²) in [5, 5.41) is 25.5. The third kappa shape index (κ3) is 16.2. The fraction of sp³-hybridized carbons (Fsp3) is 0.667. The van der Waals surface area contributed by atoms with Crippen molar-refractivity contribution in [1.29, 1.82) is 0 Å². The average molecular weight is 382 g/mol. The summed E-state index contributed by atoms with van der Waals surface area (Å²) in [5.41, 5.74) is 0.989. The zero-order chi connectivity index (χ0) is 19.9. The van der Waals surface area contributed by atoms with E-state index in [1.807, 2.05) is 6.92 Å². The van der Waals surface area contributed by atoms with Gasteiger partial charge >= 0.3 is 0 Å². The Bertz CT molecular complexity index is 515. The van der Waals surface area contributed by atoms with E-state index >= 15 is 0 Å². The topological polar surface area (TPSA) is 104 Å². The van der Waals surface area contributed by atoms with Gasteiger partial charge in [0, 0.05) is 7.98 Å². The maximum Gasteiger partial charge on any atom is 0.296 e. The van der Waals surface area contributed by atoms with Gasteiger partial charge in [-0.3, -0.25) is 4.18 Å². The number of aliphatic hydroxyl groups is 3. The number of benzene rings is 1. The van der Waals surface area contributed by atoms with Crippen LogP contribution >= 0.6 is 0 Å². The van der Waals surface area contributed by atoms with E-state index < -0.39 is 16.2 Å². The van der Waals surface area contributed by atoms with Crippen molar-refractivity contribution in [3.05, 3.63) is 29.8 Å². The van der Waals surface area contributed by atoms with Crippen molar-refractivity contribution < 1.29 is 29.3 Å². The van der Waals surface area contributed by atoms with E-state index in [0.717, 1.165) is 5.56 Å². The van der Waals surface area contributed by atoms with Gasteiger partial charge in [0.1, 0.15) is 0 Å². The first kappa shape index (κ1) is 26.2. The third-order valence-corrected chi connectivity index (χ3v) is 3.96. The molecule has 7 heteroatoms. The predicted molar refractivity (Wildman–Crippen MR) is 102 cm³/mol. The van der Waals surface area contributed by atoms with Crippen molar-refractivity contribution in [2.24, 2.45) is 0 Å². The molecule has 0 bridgehead atoms. The molecule has 25 heavy (non-hydrogen) atoms. The second-order valence-corrected chi connectivity index (χ2v) is 6.70. The normalized spacial score (nSPS) is 13.0. The molecule has 2 unspecified atom stereocenters. The van der Waals surface area contributed by atoms with Gasteiger partial charge in [-0.15, -0.1) is 0 Å². The van der Waals surface area contributed by atoms with Crippen LogP contribution in [0.4, 0.5) is 0 Å². The molecule has 1 rings (SSSR count). The van der Waals surface area contributed by atoms with E-state index in [0.29, 0.717) is 19.7 Å². The molecule has 0 spiro atoms. The van der Waals surface area contributed by atoms with E-state index in [2.05, 4.69) is 0 Å². The van der Waals surface area contributed by atoms with Crippen LogP contribution in [0.25, 0.3) is 0 Å². The van der Waals surface area contributed by atoms with Gasteiger partial charge in [-0.1, -0.05) is 38.9 Å². The number of aryl methyl sites for hydroxylation is 1. The van der Waals surface area contributed by atoms with Crippen molar-refractivity contribution in [2.45, 2.75) is 72.0 Å². The van der Waals surface area contributed by atoms with Gasteiger partial charge in [-0.05, 0) is 45.7 Å². The lowest BCUT2D eigenvalue weighted by molar-refractivity contribution is 0.148. The van der Waals surface area contributed by atoms with Crippen LogP contribution in [0.1, 0.15) is 54.9 Å². The van der Waals surface area contributed by atoms with Crippen molar-refractivity contribution in [2.75, 3.05) is 13.2 Å². The fourth-order valence-corrected chi connectivity index (χ4v) is 2.21. The summed E-state index contributed by atoms with van der Waals surface area (Å²) in [7, 11) is -3.68. The molecule has 2 atom stereocenters. The van der Waals surface area contributed by atoms with Crippen LogP contribution in [0, 0.1) is 6.92 Å². The van der Waals surface area contributed by atoms with Crippen LogP contribution in [0.5, 0.6) is 0 Å². The van der Waals surface area contributed by atoms with Gasteiger partial charge < -0.3 is 15.3 Å². The highest BCUT2D eigenvalue weighted by molar-refractivity contribution is 7.86. The summed E-state index contributed by atoms with van der Waals surface area (Å²) in [5.74, 6) is 0. The molecule has 1 aromatic rings. The molecule has 0 heterocycles. The Kier molecular flexibility index (Phi) is 17.3. The summed E-state index contributed by atoms with van der Waals surface area (Å²) in [4.78, 5) is 0.142. The lowest BCUT2D eigenvalue weighted by Gasteiger charge is -2.07. The molecule has 0 fully saturated rings. The minimum atomic E-state index is -3.68. The second kappa shape index (κ2) is 16.5. The summed E-state index contributed by atoms with van der Waals surface area (Å²) in [6.07, 6.45) is -0.131. The van der Waals surface area contributed by atoms with Crippen LogP contribution < -0.4 is 0 Å². The summed E-state index contributed by atoms with van der Waals surface area (Å²) in [6, 6.07) is 6.44. The molecule has 0 aliphatic rings. The molecule has 0 amide bonds. The maximum atomic E-state index is 11.6. The standard InChI is InChI=1S/C11H16O4S.C4H10O2.C2H6.CH4/c1-9-3-5-11(6-4-9)16(13,14)15-8-7-10(2)12;1-4(6)2-3-5;1-2;/h3-6,10,12H,7-8H2,1-2H3;4-6H,2-3H2,1H3;1-2H3;1H4/i;;1D;. The smallest absolute Gasteiger partial charge is 0.296 e. The number of hydrogen-bond acceptors (Lipinski definition) is 6. The Morgan fingerprint density at radius 2 is 1.56 bits per heavy atom. The van der Waals surface area contributed by atoms with Crippen LogP contribution in [-0.2, 0) is 14.3 Å². The maximum absolute atomic E-state index is 11.6. The highest BCUT2D eigenvalue weighted by atomic mass is 32.2. The minimum absolute atomic E-state index is 0. The van der Waals surface area contributed by atoms with E-state index in [1.54, 1.807) is 32.9 Å². The Labute approximate surface area is 155 Å². The predicted octanol–water partition coefficient (Wildman–Crippen LogP) is 2.88. The van der Waals surface area contributed by atoms with Crippen LogP contribution in [0.2, 0.25) is 0 Å². The summed E-state index contributed by atoms with van der Waals surface area (Å²) >= 11 is 0. The molecule has 1 aromatic carbocycles. The Morgan fingerprint density at radius 3 is 1.88 bits per heavy atom. The largest absolute Gasteiger partial charge is 0.396 e. The zero-order valence-corrected chi connectivity index (χ0v) is 15.8. The molecule has 0 saturated carbocycles. The Morgan fingerprint density at radius 1 is 1.12 bits per heavy atom. The lowest BCUT2D eigenvalue weighted by Crippen LogP contribution is -2.11. The van der Waals surface area contributed by atoms with Gasteiger partial charge in [-0.2, -0.15) is 8.42 Å². The van der Waals surface area contributed by atoms with E-state index in [9.17, 15) is 8.42 Å². The van der Waals surface area contributed by atoms with Crippen LogP contribution in [0.3, 0.4) is 0 Å². The van der Waals surface area contributed by atoms with Crippen molar-refractivity contribution in [3.8, 4) is 0 Å². The van der Waals surface area contributed by atoms with Gasteiger partial charge in [0.25, 0.3) is 10.1 Å². The van der Waals surface area contributed by atoms with Crippen LogP contribution in [-0.4, -0.2) is 49.2 Å². The number of hydrogen-bond donors (Lipinski definition) is 3. The molecular formula is C18H36O6S. The number of aliphatic hydroxyl groups excluding tert-OH is 3. The second-order valence-electron chi connectivity index (χ2n) is 5.09. The van der Waals surface area contributed by atoms with E-state index in [-0.39, 0.29) is 31.6 Å². The van der Waals surface area contributed by atoms with Crippen molar-refractivity contribution in [3.63, 3.8) is 0 Å². The molecule has 6 nitrogen and oxygen atoms in total. The first-order chi connectivity index (χ1) is 11.6. The molecular weight excluding hydrogens is 344 g/mol. The fourth-order valence-electron chi connectivity index (χ4n) is 1.29. The monoisotopic (exact) mass is 381 g/mol. The highest BCUT2D eigenvalue weighted by Crippen LogP contribution is 2.13. The van der Waals surface area contributed by atoms with Gasteiger partial charge in [0.2, 0.25) is 0 Å². The molecule has 0 aromatic heterocycles. The Hall–Kier alpha value is -0.990. The highest BCUT2D eigenvalue weighted by Gasteiger charge is 2.14. The van der Waals surface area contributed by atoms with E-state index in [4.69, 9.17) is 20.9 Å². The molecule has 150 valence electrons. The van der Waals surface area contributed by atoms with Crippen LogP contribution in [0.15, 0.2) is 29.2 Å². The van der Waals surface area contributed by atoms with Crippen molar-refractivity contribution >= 4 is 10.1 Å². The average Bonchev–Trinajstić information content (AvgIpc) is 2.48. The molecule has 0 saturated heterocycles. The van der Waals surface area contributed by atoms with Gasteiger partial charge in [-0.25, -0.2) is 0 Å². The SMILES string of the molecule is C.CC(O)CCO.Cc1ccc(S(=O)(=O)OCCC(C)O)cc1.[2H]CC.